The summed E-state index contributed by atoms with van der Waals surface area (Å²) >= 11 is 0. The van der Waals surface area contributed by atoms with E-state index in [4.69, 9.17) is 4.74 Å². The monoisotopic (exact) mass is 263 g/mol. The van der Waals surface area contributed by atoms with Crippen molar-refractivity contribution in [3.05, 3.63) is 47.5 Å². The van der Waals surface area contributed by atoms with Gasteiger partial charge in [-0.1, -0.05) is 6.07 Å². The largest absolute Gasteiger partial charge is 0.490 e. The van der Waals surface area contributed by atoms with E-state index in [0.717, 1.165) is 11.3 Å². The molecule has 0 spiro atoms. The molecule has 5 heteroatoms. The maximum absolute atomic E-state index is 13.7. The molecule has 1 N–H and O–H groups in total. The van der Waals surface area contributed by atoms with Crippen molar-refractivity contribution < 1.29 is 9.13 Å². The lowest BCUT2D eigenvalue weighted by Gasteiger charge is -2.09. The Morgan fingerprint density at radius 3 is 2.84 bits per heavy atom. The molecule has 1 heterocycles. The van der Waals surface area contributed by atoms with Gasteiger partial charge in [-0.15, -0.1) is 0 Å². The molecule has 0 fully saturated rings. The molecule has 0 atom stereocenters. The summed E-state index contributed by atoms with van der Waals surface area (Å²) in [5, 5.41) is 7.05. The Morgan fingerprint density at radius 1 is 1.37 bits per heavy atom. The van der Waals surface area contributed by atoms with Crippen LogP contribution in [0.5, 0.6) is 5.75 Å². The minimum atomic E-state index is -0.322. The predicted octanol–water partition coefficient (Wildman–Crippen LogP) is 1.90. The van der Waals surface area contributed by atoms with E-state index in [-0.39, 0.29) is 5.82 Å². The van der Waals surface area contributed by atoms with E-state index in [0.29, 0.717) is 25.3 Å². The molecule has 2 rings (SSSR count). The van der Waals surface area contributed by atoms with Crippen LogP contribution < -0.4 is 10.1 Å². The van der Waals surface area contributed by atoms with Crippen LogP contribution in [0.4, 0.5) is 4.39 Å². The zero-order valence-corrected chi connectivity index (χ0v) is 11.2. The lowest BCUT2D eigenvalue weighted by molar-refractivity contribution is 0.302. The Kier molecular flexibility index (Phi) is 4.52. The van der Waals surface area contributed by atoms with Crippen LogP contribution >= 0.6 is 0 Å². The highest BCUT2D eigenvalue weighted by atomic mass is 19.1. The van der Waals surface area contributed by atoms with Crippen molar-refractivity contribution in [2.75, 3.05) is 13.7 Å². The molecule has 0 aliphatic carbocycles. The van der Waals surface area contributed by atoms with Crippen LogP contribution in [0.1, 0.15) is 11.3 Å². The van der Waals surface area contributed by atoms with E-state index in [1.54, 1.807) is 16.9 Å². The molecule has 102 valence electrons. The average molecular weight is 263 g/mol. The van der Waals surface area contributed by atoms with Crippen molar-refractivity contribution in [1.29, 1.82) is 0 Å². The number of hydrogen-bond donors (Lipinski definition) is 1. The van der Waals surface area contributed by atoms with Crippen LogP contribution in [-0.2, 0) is 20.0 Å². The van der Waals surface area contributed by atoms with Gasteiger partial charge in [-0.2, -0.15) is 5.10 Å². The number of rotatable bonds is 6. The van der Waals surface area contributed by atoms with Gasteiger partial charge in [0.25, 0.3) is 0 Å². The normalized spacial score (nSPS) is 10.7. The van der Waals surface area contributed by atoms with E-state index >= 15 is 0 Å². The first-order valence-electron chi connectivity index (χ1n) is 6.23. The van der Waals surface area contributed by atoms with E-state index in [1.165, 1.54) is 6.07 Å². The van der Waals surface area contributed by atoms with Crippen molar-refractivity contribution in [3.8, 4) is 5.75 Å². The van der Waals surface area contributed by atoms with Gasteiger partial charge >= 0.3 is 0 Å². The third kappa shape index (κ3) is 3.54. The molecule has 0 aliphatic heterocycles. The van der Waals surface area contributed by atoms with E-state index in [2.05, 4.69) is 10.4 Å². The summed E-state index contributed by atoms with van der Waals surface area (Å²) in [4.78, 5) is 0. The van der Waals surface area contributed by atoms with E-state index < -0.39 is 0 Å². The van der Waals surface area contributed by atoms with Gasteiger partial charge in [0.2, 0.25) is 0 Å². The third-order valence-corrected chi connectivity index (χ3v) is 2.92. The summed E-state index contributed by atoms with van der Waals surface area (Å²) in [6, 6.07) is 6.95. The van der Waals surface area contributed by atoms with Crippen LogP contribution in [0.15, 0.2) is 30.5 Å². The number of hydrogen-bond acceptors (Lipinski definition) is 3. The molecular formula is C14H18FN3O. The van der Waals surface area contributed by atoms with Crippen LogP contribution in [0.2, 0.25) is 0 Å². The highest BCUT2D eigenvalue weighted by molar-refractivity contribution is 5.29. The Bertz CT molecular complexity index is 539. The standard InChI is InChI=1S/C14H18FN3O/c1-16-10-11-3-4-14(13(15)9-11)19-8-6-12-5-7-17-18(12)2/h3-5,7,9,16H,6,8,10H2,1-2H3. The number of aryl methyl sites for hydroxylation is 1. The fourth-order valence-electron chi connectivity index (χ4n) is 1.89. The zero-order chi connectivity index (χ0) is 13.7. The van der Waals surface area contributed by atoms with Gasteiger partial charge in [-0.3, -0.25) is 4.68 Å². The smallest absolute Gasteiger partial charge is 0.165 e. The maximum Gasteiger partial charge on any atom is 0.165 e. The Balaban J connectivity index is 1.91. The lowest BCUT2D eigenvalue weighted by atomic mass is 10.2. The van der Waals surface area contributed by atoms with Gasteiger partial charge in [0, 0.05) is 31.9 Å². The molecule has 1 aromatic carbocycles. The number of ether oxygens (including phenoxy) is 1. The molecule has 0 amide bonds. The van der Waals surface area contributed by atoms with Crippen LogP contribution in [0.25, 0.3) is 0 Å². The summed E-state index contributed by atoms with van der Waals surface area (Å²) in [5.74, 6) is -0.0280. The Hall–Kier alpha value is -1.88. The molecule has 0 radical (unpaired) electrons. The van der Waals surface area contributed by atoms with Gasteiger partial charge in [0.15, 0.2) is 11.6 Å². The van der Waals surface area contributed by atoms with E-state index in [1.807, 2.05) is 26.2 Å². The van der Waals surface area contributed by atoms with E-state index in [9.17, 15) is 4.39 Å². The highest BCUT2D eigenvalue weighted by Gasteiger charge is 2.05. The van der Waals surface area contributed by atoms with Gasteiger partial charge in [-0.25, -0.2) is 4.39 Å². The number of nitrogens with zero attached hydrogens (tertiary/aromatic N) is 2. The molecule has 19 heavy (non-hydrogen) atoms. The average Bonchev–Trinajstić information content (AvgIpc) is 2.78. The molecule has 0 saturated carbocycles. The van der Waals surface area contributed by atoms with Crippen LogP contribution in [0, 0.1) is 5.82 Å². The summed E-state index contributed by atoms with van der Waals surface area (Å²) in [5.41, 5.74) is 1.96. The first-order valence-corrected chi connectivity index (χ1v) is 6.23. The first-order chi connectivity index (χ1) is 9.20. The minimum Gasteiger partial charge on any atom is -0.490 e. The van der Waals surface area contributed by atoms with Crippen molar-refractivity contribution >= 4 is 0 Å². The fourth-order valence-corrected chi connectivity index (χ4v) is 1.89. The van der Waals surface area contributed by atoms with Crippen molar-refractivity contribution in [2.24, 2.45) is 7.05 Å². The third-order valence-electron chi connectivity index (χ3n) is 2.92. The summed E-state index contributed by atoms with van der Waals surface area (Å²) in [7, 11) is 3.71. The second-order valence-electron chi connectivity index (χ2n) is 4.34. The topological polar surface area (TPSA) is 39.1 Å². The van der Waals surface area contributed by atoms with Crippen molar-refractivity contribution in [3.63, 3.8) is 0 Å². The molecule has 0 bridgehead atoms. The maximum atomic E-state index is 13.7. The predicted molar refractivity (Wildman–Crippen MR) is 71.6 cm³/mol. The van der Waals surface area contributed by atoms with Crippen LogP contribution in [0.3, 0.4) is 0 Å². The molecule has 0 unspecified atom stereocenters. The molecule has 0 saturated heterocycles. The van der Waals surface area contributed by atoms with Gasteiger partial charge in [0.05, 0.1) is 6.61 Å². The molecule has 4 nitrogen and oxygen atoms in total. The zero-order valence-electron chi connectivity index (χ0n) is 11.2. The van der Waals surface area contributed by atoms with Crippen molar-refractivity contribution in [2.45, 2.75) is 13.0 Å². The molecule has 1 aromatic heterocycles. The second-order valence-corrected chi connectivity index (χ2v) is 4.34. The van der Waals surface area contributed by atoms with Crippen molar-refractivity contribution in [1.82, 2.24) is 15.1 Å². The van der Waals surface area contributed by atoms with Gasteiger partial charge in [-0.05, 0) is 30.8 Å². The second kappa shape index (κ2) is 6.33. The Labute approximate surface area is 112 Å². The summed E-state index contributed by atoms with van der Waals surface area (Å²) in [6.45, 7) is 1.08. The quantitative estimate of drug-likeness (QED) is 0.865. The Morgan fingerprint density at radius 2 is 2.21 bits per heavy atom. The number of nitrogens with one attached hydrogen (secondary N) is 1. The lowest BCUT2D eigenvalue weighted by Crippen LogP contribution is -2.08. The number of benzene rings is 1. The first kappa shape index (κ1) is 13.5. The molecule has 2 aromatic rings. The van der Waals surface area contributed by atoms with Crippen LogP contribution in [-0.4, -0.2) is 23.4 Å². The minimum absolute atomic E-state index is 0.294. The number of aromatic nitrogens is 2. The summed E-state index contributed by atoms with van der Waals surface area (Å²) < 4.78 is 21.0. The van der Waals surface area contributed by atoms with Gasteiger partial charge in [0.1, 0.15) is 0 Å². The van der Waals surface area contributed by atoms with Gasteiger partial charge < -0.3 is 10.1 Å². The molecular weight excluding hydrogens is 245 g/mol. The highest BCUT2D eigenvalue weighted by Crippen LogP contribution is 2.18. The number of halogens is 1. The SMILES string of the molecule is CNCc1ccc(OCCc2ccnn2C)c(F)c1. The molecule has 0 aliphatic rings. The summed E-state index contributed by atoms with van der Waals surface area (Å²) in [6.07, 6.45) is 2.44. The fraction of sp³-hybridized carbons (Fsp3) is 0.357.